The Morgan fingerprint density at radius 1 is 0.974 bits per heavy atom. The second-order valence-electron chi connectivity index (χ2n) is 10.0. The minimum atomic E-state index is -3.49. The van der Waals surface area contributed by atoms with E-state index in [4.69, 9.17) is 11.6 Å². The Hall–Kier alpha value is -3.41. The number of hydrogen-bond acceptors (Lipinski definition) is 5. The molecule has 0 radical (unpaired) electrons. The molecule has 5 rings (SSSR count). The monoisotopic (exact) mass is 571 g/mol. The average molecular weight is 572 g/mol. The van der Waals surface area contributed by atoms with Crippen LogP contribution in [0.25, 0.3) is 10.9 Å². The van der Waals surface area contributed by atoms with Crippen molar-refractivity contribution in [3.63, 3.8) is 0 Å². The van der Waals surface area contributed by atoms with Crippen LogP contribution in [0.5, 0.6) is 0 Å². The van der Waals surface area contributed by atoms with Crippen LogP contribution >= 0.6 is 11.6 Å². The third-order valence-corrected chi connectivity index (χ3v) is 8.92. The number of piperidine rings is 2. The first-order valence-corrected chi connectivity index (χ1v) is 15.1. The number of carbonyl (C=O) groups is 3. The van der Waals surface area contributed by atoms with E-state index >= 15 is 0 Å². The maximum Gasteiger partial charge on any atom is 0.251 e. The Balaban J connectivity index is 1.31. The Morgan fingerprint density at radius 3 is 2.38 bits per heavy atom. The molecule has 3 amide bonds. The highest BCUT2D eigenvalue weighted by molar-refractivity contribution is 7.88. The van der Waals surface area contributed by atoms with Gasteiger partial charge in [0.25, 0.3) is 11.8 Å². The number of rotatable bonds is 6. The molecule has 0 spiro atoms. The summed E-state index contributed by atoms with van der Waals surface area (Å²) >= 11 is 6.14. The van der Waals surface area contributed by atoms with Gasteiger partial charge in [-0.3, -0.25) is 14.4 Å². The number of nitrogens with one attached hydrogen (secondary N) is 3. The molecule has 2 saturated heterocycles. The van der Waals surface area contributed by atoms with E-state index in [0.717, 1.165) is 30.2 Å². The maximum absolute atomic E-state index is 13.2. The van der Waals surface area contributed by atoms with Crippen LogP contribution in [0.3, 0.4) is 0 Å². The molecule has 206 valence electrons. The van der Waals surface area contributed by atoms with Crippen molar-refractivity contribution in [3.8, 4) is 0 Å². The van der Waals surface area contributed by atoms with E-state index in [1.165, 1.54) is 4.31 Å². The largest absolute Gasteiger partial charge is 0.360 e. The first kappa shape index (κ1) is 27.2. The molecule has 3 heterocycles. The van der Waals surface area contributed by atoms with E-state index in [0.29, 0.717) is 41.1 Å². The van der Waals surface area contributed by atoms with Crippen molar-refractivity contribution in [1.29, 1.82) is 0 Å². The molecule has 2 fully saturated rings. The lowest BCUT2D eigenvalue weighted by Gasteiger charge is -2.38. The zero-order valence-corrected chi connectivity index (χ0v) is 23.0. The van der Waals surface area contributed by atoms with Crippen LogP contribution in [0.15, 0.2) is 48.7 Å². The van der Waals surface area contributed by atoms with Gasteiger partial charge in [0.2, 0.25) is 15.9 Å². The van der Waals surface area contributed by atoms with Gasteiger partial charge in [-0.15, -0.1) is 0 Å². The summed E-state index contributed by atoms with van der Waals surface area (Å²) in [4.78, 5) is 43.3. The number of aromatic nitrogens is 1. The number of hydrogen-bond donors (Lipinski definition) is 3. The molecular formula is C27H30ClN5O5S. The van der Waals surface area contributed by atoms with Crippen LogP contribution in [0.4, 0.5) is 5.69 Å². The first-order chi connectivity index (χ1) is 18.6. The highest BCUT2D eigenvalue weighted by atomic mass is 35.5. The molecule has 0 saturated carbocycles. The van der Waals surface area contributed by atoms with Crippen LogP contribution in [0.2, 0.25) is 5.02 Å². The molecule has 3 aromatic rings. The lowest BCUT2D eigenvalue weighted by molar-refractivity contribution is -0.119. The molecule has 12 heteroatoms. The summed E-state index contributed by atoms with van der Waals surface area (Å²) in [7, 11) is -3.49. The quantitative estimate of drug-likeness (QED) is 0.419. The van der Waals surface area contributed by atoms with Gasteiger partial charge in [0.05, 0.1) is 23.4 Å². The average Bonchev–Trinajstić information content (AvgIpc) is 3.29. The molecule has 2 atom stereocenters. The fourth-order valence-electron chi connectivity index (χ4n) is 5.15. The second kappa shape index (κ2) is 11.0. The Labute approximate surface area is 231 Å². The Morgan fingerprint density at radius 2 is 1.67 bits per heavy atom. The number of aromatic amines is 1. The third kappa shape index (κ3) is 5.95. The first-order valence-electron chi connectivity index (χ1n) is 12.8. The lowest BCUT2D eigenvalue weighted by atomic mass is 9.99. The van der Waals surface area contributed by atoms with E-state index in [1.54, 1.807) is 53.6 Å². The standard InChI is InChI=1S/C27H30ClN5O5S/c1-39(37,38)32-13-11-22(24(16-32)31-27(36)18-7-10-20-21(28)15-29-23(20)14-18)30-26(35)17-5-8-19(9-6-17)33-12-3-2-4-25(33)34/h5-10,14-15,22,24,29H,2-4,11-13,16H2,1H3,(H,30,35)(H,31,36)/t22-,24+/m0/s1. The zero-order valence-electron chi connectivity index (χ0n) is 21.4. The normalized spacial score (nSPS) is 20.7. The van der Waals surface area contributed by atoms with E-state index < -0.39 is 28.0 Å². The van der Waals surface area contributed by atoms with Crippen molar-refractivity contribution < 1.29 is 22.8 Å². The van der Waals surface area contributed by atoms with Gasteiger partial charge in [0.15, 0.2) is 0 Å². The van der Waals surface area contributed by atoms with Gasteiger partial charge >= 0.3 is 0 Å². The number of fused-ring (bicyclic) bond motifs is 1. The van der Waals surface area contributed by atoms with Crippen molar-refractivity contribution in [2.75, 3.05) is 30.8 Å². The van der Waals surface area contributed by atoms with E-state index in [9.17, 15) is 22.8 Å². The van der Waals surface area contributed by atoms with Gasteiger partial charge < -0.3 is 20.5 Å². The number of benzene rings is 2. The fraction of sp³-hybridized carbons (Fsp3) is 0.370. The maximum atomic E-state index is 13.2. The summed E-state index contributed by atoms with van der Waals surface area (Å²) in [6, 6.07) is 10.8. The molecule has 3 N–H and O–H groups in total. The number of halogens is 1. The topological polar surface area (TPSA) is 132 Å². The van der Waals surface area contributed by atoms with Crippen molar-refractivity contribution in [3.05, 3.63) is 64.8 Å². The molecule has 0 bridgehead atoms. The van der Waals surface area contributed by atoms with E-state index in [-0.39, 0.29) is 24.9 Å². The Kier molecular flexibility index (Phi) is 7.66. The molecule has 0 aliphatic carbocycles. The van der Waals surface area contributed by atoms with Gasteiger partial charge in [0, 0.05) is 60.0 Å². The van der Waals surface area contributed by atoms with Crippen LogP contribution in [0, 0.1) is 0 Å². The van der Waals surface area contributed by atoms with Gasteiger partial charge in [-0.05, 0) is 55.7 Å². The predicted octanol–water partition coefficient (Wildman–Crippen LogP) is 2.90. The number of nitrogens with zero attached hydrogens (tertiary/aromatic N) is 2. The second-order valence-corrected chi connectivity index (χ2v) is 12.4. The SMILES string of the molecule is CS(=O)(=O)N1CC[C@H](NC(=O)c2ccc(N3CCCCC3=O)cc2)[C@H](NC(=O)c2ccc3c(Cl)c[nH]c3c2)C1. The summed E-state index contributed by atoms with van der Waals surface area (Å²) in [6.07, 6.45) is 5.45. The molecular weight excluding hydrogens is 542 g/mol. The summed E-state index contributed by atoms with van der Waals surface area (Å²) in [5.41, 5.74) is 2.25. The minimum Gasteiger partial charge on any atom is -0.360 e. The molecule has 1 aromatic heterocycles. The smallest absolute Gasteiger partial charge is 0.251 e. The van der Waals surface area contributed by atoms with Crippen molar-refractivity contribution in [1.82, 2.24) is 19.9 Å². The van der Waals surface area contributed by atoms with Gasteiger partial charge in [-0.1, -0.05) is 17.7 Å². The van der Waals surface area contributed by atoms with Gasteiger partial charge in [-0.25, -0.2) is 8.42 Å². The van der Waals surface area contributed by atoms with E-state index in [2.05, 4.69) is 15.6 Å². The minimum absolute atomic E-state index is 0.0299. The number of carbonyl (C=O) groups excluding carboxylic acids is 3. The zero-order chi connectivity index (χ0) is 27.7. The summed E-state index contributed by atoms with van der Waals surface area (Å²) in [5, 5.41) is 7.23. The van der Waals surface area contributed by atoms with Crippen LogP contribution in [-0.2, 0) is 14.8 Å². The molecule has 2 aromatic carbocycles. The molecule has 2 aliphatic heterocycles. The fourth-order valence-corrected chi connectivity index (χ4v) is 6.24. The molecule has 2 aliphatic rings. The number of amides is 3. The van der Waals surface area contributed by atoms with Crippen LogP contribution in [0.1, 0.15) is 46.4 Å². The number of anilines is 1. The third-order valence-electron chi connectivity index (χ3n) is 7.34. The van der Waals surface area contributed by atoms with Crippen molar-refractivity contribution in [2.24, 2.45) is 0 Å². The van der Waals surface area contributed by atoms with Crippen molar-refractivity contribution in [2.45, 2.75) is 37.8 Å². The molecule has 10 nitrogen and oxygen atoms in total. The van der Waals surface area contributed by atoms with Crippen LogP contribution in [-0.4, -0.2) is 73.4 Å². The molecule has 0 unspecified atom stereocenters. The highest BCUT2D eigenvalue weighted by Crippen LogP contribution is 2.25. The van der Waals surface area contributed by atoms with Crippen LogP contribution < -0.4 is 15.5 Å². The predicted molar refractivity (Wildman–Crippen MR) is 149 cm³/mol. The van der Waals surface area contributed by atoms with Gasteiger partial charge in [-0.2, -0.15) is 4.31 Å². The lowest BCUT2D eigenvalue weighted by Crippen LogP contribution is -2.61. The number of sulfonamides is 1. The highest BCUT2D eigenvalue weighted by Gasteiger charge is 2.35. The summed E-state index contributed by atoms with van der Waals surface area (Å²) in [5.74, 6) is -0.656. The van der Waals surface area contributed by atoms with E-state index in [1.807, 2.05) is 0 Å². The van der Waals surface area contributed by atoms with Gasteiger partial charge in [0.1, 0.15) is 0 Å². The molecule has 39 heavy (non-hydrogen) atoms. The summed E-state index contributed by atoms with van der Waals surface area (Å²) < 4.78 is 25.8. The van der Waals surface area contributed by atoms with Crippen molar-refractivity contribution >= 4 is 55.9 Å². The Bertz CT molecular complexity index is 1520. The summed E-state index contributed by atoms with van der Waals surface area (Å²) in [6.45, 7) is 0.912. The number of H-pyrrole nitrogens is 1.